The SMILES string of the molecule is C[C@]12CC[C@H](O)CC1=CCC1C2CC[C@]2(C)OC(=O)CCC12. The molecule has 3 nitrogen and oxygen atoms in total. The molecule has 0 aromatic heterocycles. The van der Waals surface area contributed by atoms with E-state index in [0.29, 0.717) is 24.2 Å². The van der Waals surface area contributed by atoms with Gasteiger partial charge in [0.15, 0.2) is 0 Å². The molecule has 2 saturated carbocycles. The summed E-state index contributed by atoms with van der Waals surface area (Å²) in [5.41, 5.74) is 1.54. The summed E-state index contributed by atoms with van der Waals surface area (Å²) < 4.78 is 5.81. The molecule has 4 rings (SSSR count). The third kappa shape index (κ3) is 2.01. The maximum absolute atomic E-state index is 11.7. The Labute approximate surface area is 133 Å². The zero-order valence-electron chi connectivity index (χ0n) is 13.8. The maximum atomic E-state index is 11.7. The van der Waals surface area contributed by atoms with Gasteiger partial charge in [0.25, 0.3) is 0 Å². The van der Waals surface area contributed by atoms with E-state index in [2.05, 4.69) is 19.9 Å². The van der Waals surface area contributed by atoms with Crippen LogP contribution in [0.15, 0.2) is 11.6 Å². The highest BCUT2D eigenvalue weighted by Crippen LogP contribution is 2.61. The number of hydrogen-bond donors (Lipinski definition) is 1. The summed E-state index contributed by atoms with van der Waals surface area (Å²) in [7, 11) is 0. The first-order valence-electron chi connectivity index (χ1n) is 9.02. The van der Waals surface area contributed by atoms with E-state index in [-0.39, 0.29) is 23.1 Å². The number of aliphatic hydroxyl groups excluding tert-OH is 1. The largest absolute Gasteiger partial charge is 0.459 e. The summed E-state index contributed by atoms with van der Waals surface area (Å²) in [4.78, 5) is 11.7. The summed E-state index contributed by atoms with van der Waals surface area (Å²) in [5.74, 6) is 1.87. The quantitative estimate of drug-likeness (QED) is 0.549. The van der Waals surface area contributed by atoms with Gasteiger partial charge in [0.2, 0.25) is 0 Å². The second-order valence-corrected chi connectivity index (χ2v) is 8.52. The number of esters is 1. The molecule has 0 amide bonds. The van der Waals surface area contributed by atoms with Gasteiger partial charge in [-0.1, -0.05) is 18.6 Å². The summed E-state index contributed by atoms with van der Waals surface area (Å²) in [6, 6.07) is 0. The Hall–Kier alpha value is -0.830. The third-order valence-electron chi connectivity index (χ3n) is 7.42. The molecule has 1 N–H and O–H groups in total. The molecule has 0 aromatic rings. The van der Waals surface area contributed by atoms with Gasteiger partial charge in [-0.15, -0.1) is 0 Å². The number of rotatable bonds is 0. The smallest absolute Gasteiger partial charge is 0.306 e. The van der Waals surface area contributed by atoms with E-state index in [4.69, 9.17) is 4.74 Å². The molecule has 3 fully saturated rings. The van der Waals surface area contributed by atoms with E-state index in [9.17, 15) is 9.90 Å². The van der Waals surface area contributed by atoms with Gasteiger partial charge in [0.1, 0.15) is 5.60 Å². The van der Waals surface area contributed by atoms with Crippen molar-refractivity contribution in [3.8, 4) is 0 Å². The number of allylic oxidation sites excluding steroid dienone is 1. The normalized spacial score (nSPS) is 51.0. The number of carbonyl (C=O) groups is 1. The Bertz CT molecular complexity index is 525. The molecule has 3 aliphatic carbocycles. The number of ether oxygens (including phenoxy) is 1. The minimum atomic E-state index is -0.230. The molecule has 0 spiro atoms. The van der Waals surface area contributed by atoms with Gasteiger partial charge < -0.3 is 9.84 Å². The van der Waals surface area contributed by atoms with Crippen LogP contribution in [0.25, 0.3) is 0 Å². The van der Waals surface area contributed by atoms with Gasteiger partial charge in [-0.2, -0.15) is 0 Å². The molecule has 1 heterocycles. The standard InChI is InChI=1S/C19H28O3/c1-18-9-7-13(20)11-12(18)3-4-14-15(18)8-10-19(2)16(14)5-6-17(21)22-19/h3,13-16,20H,4-11H2,1-2H3/t13-,14?,15?,16?,18-,19-/m0/s1. The second kappa shape index (κ2) is 4.83. The molecule has 4 aliphatic rings. The Morgan fingerprint density at radius 2 is 2.00 bits per heavy atom. The molecular weight excluding hydrogens is 276 g/mol. The van der Waals surface area contributed by atoms with Gasteiger partial charge in [0, 0.05) is 12.3 Å². The summed E-state index contributed by atoms with van der Waals surface area (Å²) in [5, 5.41) is 10.0. The van der Waals surface area contributed by atoms with E-state index < -0.39 is 0 Å². The molecule has 122 valence electrons. The first-order chi connectivity index (χ1) is 10.4. The number of aliphatic hydroxyl groups is 1. The van der Waals surface area contributed by atoms with Crippen molar-refractivity contribution in [2.75, 3.05) is 0 Å². The fourth-order valence-corrected chi connectivity index (χ4v) is 6.16. The van der Waals surface area contributed by atoms with E-state index in [0.717, 1.165) is 44.9 Å². The Morgan fingerprint density at radius 3 is 2.82 bits per heavy atom. The van der Waals surface area contributed by atoms with Crippen molar-refractivity contribution in [2.24, 2.45) is 23.2 Å². The first kappa shape index (κ1) is 14.7. The van der Waals surface area contributed by atoms with Crippen molar-refractivity contribution in [3.63, 3.8) is 0 Å². The van der Waals surface area contributed by atoms with Crippen molar-refractivity contribution in [2.45, 2.75) is 76.9 Å². The Morgan fingerprint density at radius 1 is 1.18 bits per heavy atom. The van der Waals surface area contributed by atoms with Crippen molar-refractivity contribution < 1.29 is 14.6 Å². The lowest BCUT2D eigenvalue weighted by Gasteiger charge is -2.59. The topological polar surface area (TPSA) is 46.5 Å². The van der Waals surface area contributed by atoms with E-state index in [1.165, 1.54) is 5.57 Å². The highest BCUT2D eigenvalue weighted by Gasteiger charge is 2.57. The van der Waals surface area contributed by atoms with Gasteiger partial charge in [-0.25, -0.2) is 0 Å². The molecule has 3 unspecified atom stereocenters. The zero-order chi connectivity index (χ0) is 15.5. The van der Waals surface area contributed by atoms with Crippen molar-refractivity contribution in [1.82, 2.24) is 0 Å². The average molecular weight is 304 g/mol. The second-order valence-electron chi connectivity index (χ2n) is 8.52. The number of hydrogen-bond acceptors (Lipinski definition) is 3. The van der Waals surface area contributed by atoms with Crippen molar-refractivity contribution in [3.05, 3.63) is 11.6 Å². The first-order valence-corrected chi connectivity index (χ1v) is 9.02. The van der Waals surface area contributed by atoms with Gasteiger partial charge in [0.05, 0.1) is 6.10 Å². The molecular formula is C19H28O3. The van der Waals surface area contributed by atoms with E-state index >= 15 is 0 Å². The van der Waals surface area contributed by atoms with Crippen LogP contribution in [0.4, 0.5) is 0 Å². The number of fused-ring (bicyclic) bond motifs is 5. The van der Waals surface area contributed by atoms with E-state index in [1.807, 2.05) is 0 Å². The fraction of sp³-hybridized carbons (Fsp3) is 0.842. The summed E-state index contributed by atoms with van der Waals surface area (Å²) in [6.45, 7) is 4.59. The molecule has 0 radical (unpaired) electrons. The predicted molar refractivity (Wildman–Crippen MR) is 84.1 cm³/mol. The molecule has 0 bridgehead atoms. The number of carbonyl (C=O) groups excluding carboxylic acids is 1. The molecule has 0 aromatic carbocycles. The van der Waals surface area contributed by atoms with Crippen LogP contribution < -0.4 is 0 Å². The highest BCUT2D eigenvalue weighted by atomic mass is 16.6. The van der Waals surface area contributed by atoms with Crippen LogP contribution in [0.5, 0.6) is 0 Å². The molecule has 1 saturated heterocycles. The molecule has 6 atom stereocenters. The van der Waals surface area contributed by atoms with Gasteiger partial charge >= 0.3 is 5.97 Å². The Kier molecular flexibility index (Phi) is 3.24. The van der Waals surface area contributed by atoms with Crippen LogP contribution in [-0.4, -0.2) is 22.8 Å². The zero-order valence-corrected chi connectivity index (χ0v) is 13.8. The van der Waals surface area contributed by atoms with Crippen molar-refractivity contribution in [1.29, 1.82) is 0 Å². The van der Waals surface area contributed by atoms with Gasteiger partial charge in [-0.3, -0.25) is 4.79 Å². The third-order valence-corrected chi connectivity index (χ3v) is 7.42. The minimum absolute atomic E-state index is 0.00348. The van der Waals surface area contributed by atoms with Gasteiger partial charge in [-0.05, 0) is 69.1 Å². The summed E-state index contributed by atoms with van der Waals surface area (Å²) >= 11 is 0. The molecule has 22 heavy (non-hydrogen) atoms. The minimum Gasteiger partial charge on any atom is -0.459 e. The molecule has 1 aliphatic heterocycles. The average Bonchev–Trinajstić information content (AvgIpc) is 2.46. The highest BCUT2D eigenvalue weighted by molar-refractivity contribution is 5.71. The van der Waals surface area contributed by atoms with Crippen LogP contribution in [0, 0.1) is 23.2 Å². The lowest BCUT2D eigenvalue weighted by atomic mass is 9.49. The van der Waals surface area contributed by atoms with Crippen LogP contribution in [0.2, 0.25) is 0 Å². The maximum Gasteiger partial charge on any atom is 0.306 e. The molecule has 3 heteroatoms. The lowest BCUT2D eigenvalue weighted by Crippen LogP contribution is -2.56. The monoisotopic (exact) mass is 304 g/mol. The van der Waals surface area contributed by atoms with Crippen LogP contribution in [0.3, 0.4) is 0 Å². The Balaban J connectivity index is 1.66. The van der Waals surface area contributed by atoms with Crippen molar-refractivity contribution >= 4 is 5.97 Å². The fourth-order valence-electron chi connectivity index (χ4n) is 6.16. The lowest BCUT2D eigenvalue weighted by molar-refractivity contribution is -0.192. The predicted octanol–water partition coefficient (Wildman–Crippen LogP) is 3.61. The van der Waals surface area contributed by atoms with Crippen LogP contribution in [-0.2, 0) is 9.53 Å². The van der Waals surface area contributed by atoms with E-state index in [1.54, 1.807) is 0 Å². The van der Waals surface area contributed by atoms with Crippen LogP contribution >= 0.6 is 0 Å². The van der Waals surface area contributed by atoms with Crippen LogP contribution in [0.1, 0.15) is 65.2 Å². The summed E-state index contributed by atoms with van der Waals surface area (Å²) in [6.07, 6.45) is 10.1.